The first-order valence-corrected chi connectivity index (χ1v) is 7.77. The Morgan fingerprint density at radius 1 is 1.33 bits per heavy atom. The first kappa shape index (κ1) is 14.8. The van der Waals surface area contributed by atoms with Crippen LogP contribution in [0.15, 0.2) is 24.3 Å². The second kappa shape index (κ2) is 6.09. The normalized spacial score (nSPS) is 11.8. The third-order valence-corrected chi connectivity index (χ3v) is 4.59. The first-order chi connectivity index (χ1) is 8.36. The highest BCUT2D eigenvalue weighted by Gasteiger charge is 2.21. The number of anilines is 1. The number of aromatic hydroxyl groups is 1. The third-order valence-electron chi connectivity index (χ3n) is 2.69. The molecule has 1 rings (SSSR count). The summed E-state index contributed by atoms with van der Waals surface area (Å²) in [4.78, 5) is 0. The number of phenols is 1. The summed E-state index contributed by atoms with van der Waals surface area (Å²) in [6.07, 6.45) is 0.637. The number of sulfonamides is 1. The molecular weight excluding hydrogens is 250 g/mol. The number of hydrogen-bond donors (Lipinski definition) is 1. The number of benzene rings is 1. The largest absolute Gasteiger partial charge is 0.508 e. The van der Waals surface area contributed by atoms with Gasteiger partial charge >= 0.3 is 0 Å². The summed E-state index contributed by atoms with van der Waals surface area (Å²) in [6.45, 7) is 6.15. The van der Waals surface area contributed by atoms with Gasteiger partial charge in [0.1, 0.15) is 5.75 Å². The van der Waals surface area contributed by atoms with Crippen molar-refractivity contribution in [3.8, 4) is 5.75 Å². The Morgan fingerprint density at radius 2 is 2.00 bits per heavy atom. The lowest BCUT2D eigenvalue weighted by molar-refractivity contribution is 0.475. The van der Waals surface area contributed by atoms with E-state index in [1.165, 1.54) is 16.4 Å². The van der Waals surface area contributed by atoms with Crippen molar-refractivity contribution < 1.29 is 13.5 Å². The molecule has 0 amide bonds. The van der Waals surface area contributed by atoms with Crippen LogP contribution in [0.2, 0.25) is 0 Å². The van der Waals surface area contributed by atoms with Crippen LogP contribution >= 0.6 is 0 Å². The zero-order valence-electron chi connectivity index (χ0n) is 11.1. The lowest BCUT2D eigenvalue weighted by Gasteiger charge is -2.23. The van der Waals surface area contributed by atoms with E-state index in [0.29, 0.717) is 24.6 Å². The Balaban J connectivity index is 2.95. The monoisotopic (exact) mass is 271 g/mol. The fraction of sp³-hybridized carbons (Fsp3) is 0.538. The lowest BCUT2D eigenvalue weighted by Crippen LogP contribution is -2.33. The minimum absolute atomic E-state index is 0.0741. The van der Waals surface area contributed by atoms with Crippen molar-refractivity contribution in [2.75, 3.05) is 16.6 Å². The quantitative estimate of drug-likeness (QED) is 0.865. The van der Waals surface area contributed by atoms with E-state index in [0.717, 1.165) is 0 Å². The van der Waals surface area contributed by atoms with Gasteiger partial charge in [-0.25, -0.2) is 8.42 Å². The molecule has 5 heteroatoms. The van der Waals surface area contributed by atoms with E-state index in [-0.39, 0.29) is 11.5 Å². The number of nitrogens with zero attached hydrogens (tertiary/aromatic N) is 1. The Labute approximate surface area is 109 Å². The molecule has 0 radical (unpaired) electrons. The molecule has 0 fully saturated rings. The molecule has 0 unspecified atom stereocenters. The Morgan fingerprint density at radius 3 is 2.50 bits per heavy atom. The summed E-state index contributed by atoms with van der Waals surface area (Å²) in [5, 5.41) is 9.42. The molecule has 0 aromatic heterocycles. The standard InChI is InChI=1S/C13H21NO3S/c1-4-14(12-6-5-7-13(15)10-12)18(16,17)9-8-11(2)3/h5-7,10-11,15H,4,8-9H2,1-3H3. The van der Waals surface area contributed by atoms with Gasteiger partial charge in [-0.15, -0.1) is 0 Å². The second-order valence-electron chi connectivity index (χ2n) is 4.68. The van der Waals surface area contributed by atoms with E-state index in [4.69, 9.17) is 0 Å². The van der Waals surface area contributed by atoms with Gasteiger partial charge in [-0.05, 0) is 31.4 Å². The van der Waals surface area contributed by atoms with Crippen LogP contribution in [-0.4, -0.2) is 25.8 Å². The van der Waals surface area contributed by atoms with E-state index < -0.39 is 10.0 Å². The Hall–Kier alpha value is -1.23. The summed E-state index contributed by atoms with van der Waals surface area (Å²) >= 11 is 0. The minimum atomic E-state index is -3.32. The van der Waals surface area contributed by atoms with Crippen LogP contribution in [0.5, 0.6) is 5.75 Å². The molecular formula is C13H21NO3S. The molecule has 1 aromatic rings. The number of hydrogen-bond acceptors (Lipinski definition) is 3. The summed E-state index contributed by atoms with van der Waals surface area (Å²) in [7, 11) is -3.32. The highest BCUT2D eigenvalue weighted by Crippen LogP contribution is 2.23. The number of phenolic OH excluding ortho intramolecular Hbond substituents is 1. The minimum Gasteiger partial charge on any atom is -0.508 e. The van der Waals surface area contributed by atoms with Gasteiger partial charge in [0.15, 0.2) is 0 Å². The SMILES string of the molecule is CCN(c1cccc(O)c1)S(=O)(=O)CCC(C)C. The second-order valence-corrected chi connectivity index (χ2v) is 6.70. The van der Waals surface area contributed by atoms with Crippen LogP contribution in [-0.2, 0) is 10.0 Å². The molecule has 18 heavy (non-hydrogen) atoms. The van der Waals surface area contributed by atoms with Crippen molar-refractivity contribution in [3.05, 3.63) is 24.3 Å². The molecule has 0 aliphatic carbocycles. The van der Waals surface area contributed by atoms with Crippen molar-refractivity contribution in [1.82, 2.24) is 0 Å². The van der Waals surface area contributed by atoms with Crippen molar-refractivity contribution in [1.29, 1.82) is 0 Å². The highest BCUT2D eigenvalue weighted by atomic mass is 32.2. The van der Waals surface area contributed by atoms with E-state index in [1.54, 1.807) is 19.1 Å². The van der Waals surface area contributed by atoms with Crippen molar-refractivity contribution >= 4 is 15.7 Å². The van der Waals surface area contributed by atoms with Crippen molar-refractivity contribution in [3.63, 3.8) is 0 Å². The molecule has 4 nitrogen and oxygen atoms in total. The molecule has 0 saturated heterocycles. The van der Waals surface area contributed by atoms with Crippen LogP contribution in [0, 0.1) is 5.92 Å². The predicted molar refractivity (Wildman–Crippen MR) is 74.4 cm³/mol. The van der Waals surface area contributed by atoms with Crippen molar-refractivity contribution in [2.24, 2.45) is 5.92 Å². The van der Waals surface area contributed by atoms with Gasteiger partial charge in [0.2, 0.25) is 10.0 Å². The fourth-order valence-electron chi connectivity index (χ4n) is 1.68. The van der Waals surface area contributed by atoms with Crippen LogP contribution in [0.25, 0.3) is 0 Å². The topological polar surface area (TPSA) is 57.6 Å². The summed E-state index contributed by atoms with van der Waals surface area (Å²) < 4.78 is 25.8. The first-order valence-electron chi connectivity index (χ1n) is 6.16. The maximum absolute atomic E-state index is 12.2. The van der Waals surface area contributed by atoms with E-state index in [2.05, 4.69) is 0 Å². The molecule has 0 spiro atoms. The van der Waals surface area contributed by atoms with Crippen LogP contribution in [0.3, 0.4) is 0 Å². The van der Waals surface area contributed by atoms with Gasteiger partial charge < -0.3 is 5.11 Å². The van der Waals surface area contributed by atoms with E-state index in [1.807, 2.05) is 13.8 Å². The molecule has 1 aromatic carbocycles. The van der Waals surface area contributed by atoms with Gasteiger partial charge in [0, 0.05) is 12.6 Å². The lowest BCUT2D eigenvalue weighted by atomic mass is 10.2. The average molecular weight is 271 g/mol. The molecule has 102 valence electrons. The van der Waals surface area contributed by atoms with E-state index in [9.17, 15) is 13.5 Å². The summed E-state index contributed by atoms with van der Waals surface area (Å²) in [6, 6.07) is 6.33. The van der Waals surface area contributed by atoms with Crippen LogP contribution in [0.1, 0.15) is 27.2 Å². The maximum atomic E-state index is 12.2. The molecule has 1 N–H and O–H groups in total. The van der Waals surface area contributed by atoms with Crippen molar-refractivity contribution in [2.45, 2.75) is 27.2 Å². The molecule has 0 aliphatic rings. The Bertz CT molecular complexity index is 483. The number of rotatable bonds is 6. The molecule has 0 atom stereocenters. The van der Waals surface area contributed by atoms with Gasteiger partial charge in [0.05, 0.1) is 11.4 Å². The maximum Gasteiger partial charge on any atom is 0.235 e. The molecule has 0 heterocycles. The zero-order chi connectivity index (χ0) is 13.8. The predicted octanol–water partition coefficient (Wildman–Crippen LogP) is 2.59. The van der Waals surface area contributed by atoms with Crippen LogP contribution in [0.4, 0.5) is 5.69 Å². The van der Waals surface area contributed by atoms with Gasteiger partial charge in [-0.3, -0.25) is 4.31 Å². The molecule has 0 aliphatic heterocycles. The molecule has 0 saturated carbocycles. The summed E-state index contributed by atoms with van der Waals surface area (Å²) in [5.74, 6) is 0.557. The van der Waals surface area contributed by atoms with Crippen LogP contribution < -0.4 is 4.31 Å². The summed E-state index contributed by atoms with van der Waals surface area (Å²) in [5.41, 5.74) is 0.515. The van der Waals surface area contributed by atoms with Gasteiger partial charge in [-0.1, -0.05) is 19.9 Å². The third kappa shape index (κ3) is 3.91. The Kier molecular flexibility index (Phi) is 5.02. The fourth-order valence-corrected chi connectivity index (χ4v) is 3.50. The zero-order valence-corrected chi connectivity index (χ0v) is 11.9. The average Bonchev–Trinajstić information content (AvgIpc) is 2.27. The van der Waals surface area contributed by atoms with Gasteiger partial charge in [0.25, 0.3) is 0 Å². The highest BCUT2D eigenvalue weighted by molar-refractivity contribution is 7.92. The smallest absolute Gasteiger partial charge is 0.235 e. The van der Waals surface area contributed by atoms with E-state index >= 15 is 0 Å². The van der Waals surface area contributed by atoms with Gasteiger partial charge in [-0.2, -0.15) is 0 Å². The molecule has 0 bridgehead atoms.